The van der Waals surface area contributed by atoms with Gasteiger partial charge in [0, 0.05) is 43.6 Å². The third-order valence-corrected chi connectivity index (χ3v) is 4.01. The molecule has 132 valence electrons. The van der Waals surface area contributed by atoms with Gasteiger partial charge in [-0.05, 0) is 25.1 Å². The van der Waals surface area contributed by atoms with E-state index in [2.05, 4.69) is 25.5 Å². The summed E-state index contributed by atoms with van der Waals surface area (Å²) < 4.78 is 5.31. The van der Waals surface area contributed by atoms with E-state index in [1.807, 2.05) is 37.3 Å². The minimum atomic E-state index is -0.204. The molecule has 1 aliphatic rings. The molecule has 0 unspecified atom stereocenters. The zero-order valence-corrected chi connectivity index (χ0v) is 14.4. The van der Waals surface area contributed by atoms with Crippen LogP contribution in [0.3, 0.4) is 0 Å². The second-order valence-corrected chi connectivity index (χ2v) is 5.90. The maximum absolute atomic E-state index is 12.1. The Labute approximate surface area is 147 Å². The fourth-order valence-electron chi connectivity index (χ4n) is 2.70. The molecule has 1 aromatic carbocycles. The molecule has 0 saturated carbocycles. The van der Waals surface area contributed by atoms with E-state index in [4.69, 9.17) is 4.74 Å². The topological polar surface area (TPSA) is 79.4 Å². The number of hydrogen-bond acceptors (Lipinski definition) is 5. The largest absolute Gasteiger partial charge is 0.379 e. The SMILES string of the molecule is Cc1nccc(-c2cccc(NC(=O)NCCN3CCOCC3)c2)n1. The van der Waals surface area contributed by atoms with Crippen molar-refractivity contribution < 1.29 is 9.53 Å². The number of benzene rings is 1. The number of anilines is 1. The molecular formula is C18H23N5O2. The quantitative estimate of drug-likeness (QED) is 0.868. The number of amides is 2. The van der Waals surface area contributed by atoms with Gasteiger partial charge in [0.2, 0.25) is 0 Å². The Morgan fingerprint density at radius 1 is 1.28 bits per heavy atom. The molecule has 1 aliphatic heterocycles. The molecule has 7 nitrogen and oxygen atoms in total. The summed E-state index contributed by atoms with van der Waals surface area (Å²) in [6.07, 6.45) is 1.73. The van der Waals surface area contributed by atoms with Crippen LogP contribution in [-0.2, 0) is 4.74 Å². The zero-order chi connectivity index (χ0) is 17.5. The number of nitrogens with zero attached hydrogens (tertiary/aromatic N) is 3. The first kappa shape index (κ1) is 17.3. The summed E-state index contributed by atoms with van der Waals surface area (Å²) in [5, 5.41) is 5.76. The number of ether oxygens (including phenoxy) is 1. The van der Waals surface area contributed by atoms with Gasteiger partial charge in [0.25, 0.3) is 0 Å². The smallest absolute Gasteiger partial charge is 0.319 e. The van der Waals surface area contributed by atoms with Crippen LogP contribution >= 0.6 is 0 Å². The van der Waals surface area contributed by atoms with E-state index < -0.39 is 0 Å². The summed E-state index contributed by atoms with van der Waals surface area (Å²) in [5.41, 5.74) is 2.51. The van der Waals surface area contributed by atoms with Crippen LogP contribution in [0, 0.1) is 6.92 Å². The van der Waals surface area contributed by atoms with Gasteiger partial charge in [-0.15, -0.1) is 0 Å². The van der Waals surface area contributed by atoms with Crippen molar-refractivity contribution >= 4 is 11.7 Å². The van der Waals surface area contributed by atoms with Crippen LogP contribution in [-0.4, -0.2) is 60.3 Å². The predicted octanol–water partition coefficient (Wildman–Crippen LogP) is 1.91. The van der Waals surface area contributed by atoms with Gasteiger partial charge in [-0.1, -0.05) is 12.1 Å². The first-order valence-electron chi connectivity index (χ1n) is 8.46. The maximum atomic E-state index is 12.1. The predicted molar refractivity (Wildman–Crippen MR) is 96.5 cm³/mol. The Morgan fingerprint density at radius 3 is 2.92 bits per heavy atom. The minimum absolute atomic E-state index is 0.204. The summed E-state index contributed by atoms with van der Waals surface area (Å²) in [6.45, 7) is 6.66. The molecule has 2 N–H and O–H groups in total. The van der Waals surface area contributed by atoms with E-state index in [-0.39, 0.29) is 6.03 Å². The molecule has 7 heteroatoms. The lowest BCUT2D eigenvalue weighted by atomic mass is 10.1. The molecule has 0 radical (unpaired) electrons. The van der Waals surface area contributed by atoms with Crippen molar-refractivity contribution in [2.24, 2.45) is 0 Å². The fraction of sp³-hybridized carbons (Fsp3) is 0.389. The number of aromatic nitrogens is 2. The molecule has 2 aromatic rings. The Bertz CT molecular complexity index is 716. The second-order valence-electron chi connectivity index (χ2n) is 5.90. The van der Waals surface area contributed by atoms with E-state index in [1.54, 1.807) is 6.20 Å². The molecule has 3 rings (SSSR count). The van der Waals surface area contributed by atoms with Gasteiger partial charge < -0.3 is 15.4 Å². The van der Waals surface area contributed by atoms with Crippen LogP contribution in [0.4, 0.5) is 10.5 Å². The van der Waals surface area contributed by atoms with E-state index in [0.717, 1.165) is 55.6 Å². The zero-order valence-electron chi connectivity index (χ0n) is 14.4. The van der Waals surface area contributed by atoms with Crippen molar-refractivity contribution in [2.45, 2.75) is 6.92 Å². The molecule has 1 saturated heterocycles. The van der Waals surface area contributed by atoms with Gasteiger partial charge in [-0.2, -0.15) is 0 Å². The molecule has 0 aliphatic carbocycles. The minimum Gasteiger partial charge on any atom is -0.379 e. The molecule has 1 aromatic heterocycles. The normalized spacial score (nSPS) is 14.9. The lowest BCUT2D eigenvalue weighted by Gasteiger charge is -2.26. The van der Waals surface area contributed by atoms with Gasteiger partial charge in [-0.25, -0.2) is 14.8 Å². The molecule has 0 spiro atoms. The summed E-state index contributed by atoms with van der Waals surface area (Å²) in [4.78, 5) is 22.9. The number of carbonyl (C=O) groups is 1. The molecule has 2 amide bonds. The first-order valence-corrected chi connectivity index (χ1v) is 8.46. The number of carbonyl (C=O) groups excluding carboxylic acids is 1. The lowest BCUT2D eigenvalue weighted by molar-refractivity contribution is 0.0388. The average molecular weight is 341 g/mol. The Morgan fingerprint density at radius 2 is 2.12 bits per heavy atom. The van der Waals surface area contributed by atoms with Crippen LogP contribution in [0.5, 0.6) is 0 Å². The van der Waals surface area contributed by atoms with Crippen LogP contribution in [0.2, 0.25) is 0 Å². The summed E-state index contributed by atoms with van der Waals surface area (Å²) in [7, 11) is 0. The number of morpholine rings is 1. The monoisotopic (exact) mass is 341 g/mol. The van der Waals surface area contributed by atoms with Crippen LogP contribution < -0.4 is 10.6 Å². The molecule has 2 heterocycles. The standard InChI is InChI=1S/C18H23N5O2/c1-14-19-6-5-17(21-14)15-3-2-4-16(13-15)22-18(24)20-7-8-23-9-11-25-12-10-23/h2-6,13H,7-12H2,1H3,(H2,20,22,24). The van der Waals surface area contributed by atoms with Gasteiger partial charge in [0.15, 0.2) is 0 Å². The second kappa shape index (κ2) is 8.55. The number of aryl methyl sites for hydroxylation is 1. The number of nitrogens with one attached hydrogen (secondary N) is 2. The highest BCUT2D eigenvalue weighted by Gasteiger charge is 2.10. The Balaban J connectivity index is 1.52. The van der Waals surface area contributed by atoms with Crippen molar-refractivity contribution in [2.75, 3.05) is 44.7 Å². The fourth-order valence-corrected chi connectivity index (χ4v) is 2.70. The summed E-state index contributed by atoms with van der Waals surface area (Å²) in [5.74, 6) is 0.719. The maximum Gasteiger partial charge on any atom is 0.319 e. The number of urea groups is 1. The lowest BCUT2D eigenvalue weighted by Crippen LogP contribution is -2.42. The van der Waals surface area contributed by atoms with E-state index in [0.29, 0.717) is 6.54 Å². The Kier molecular flexibility index (Phi) is 5.92. The number of hydrogen-bond donors (Lipinski definition) is 2. The van der Waals surface area contributed by atoms with Gasteiger partial charge in [-0.3, -0.25) is 4.90 Å². The van der Waals surface area contributed by atoms with Crippen LogP contribution in [0.1, 0.15) is 5.82 Å². The molecular weight excluding hydrogens is 318 g/mol. The first-order chi connectivity index (χ1) is 12.2. The summed E-state index contributed by atoms with van der Waals surface area (Å²) in [6, 6.07) is 9.28. The molecule has 0 atom stereocenters. The van der Waals surface area contributed by atoms with Crippen molar-refractivity contribution in [3.05, 3.63) is 42.4 Å². The molecule has 0 bridgehead atoms. The van der Waals surface area contributed by atoms with Gasteiger partial charge in [0.1, 0.15) is 5.82 Å². The van der Waals surface area contributed by atoms with Crippen molar-refractivity contribution in [1.82, 2.24) is 20.2 Å². The van der Waals surface area contributed by atoms with Crippen molar-refractivity contribution in [3.63, 3.8) is 0 Å². The summed E-state index contributed by atoms with van der Waals surface area (Å²) >= 11 is 0. The van der Waals surface area contributed by atoms with Crippen molar-refractivity contribution in [3.8, 4) is 11.3 Å². The van der Waals surface area contributed by atoms with E-state index in [9.17, 15) is 4.79 Å². The molecule has 25 heavy (non-hydrogen) atoms. The third kappa shape index (κ3) is 5.23. The van der Waals surface area contributed by atoms with Crippen LogP contribution in [0.25, 0.3) is 11.3 Å². The molecule has 1 fully saturated rings. The Hall–Kier alpha value is -2.51. The number of rotatable bonds is 5. The van der Waals surface area contributed by atoms with E-state index in [1.165, 1.54) is 0 Å². The van der Waals surface area contributed by atoms with Gasteiger partial charge in [0.05, 0.1) is 18.9 Å². The highest BCUT2D eigenvalue weighted by Crippen LogP contribution is 2.20. The highest BCUT2D eigenvalue weighted by molar-refractivity contribution is 5.90. The average Bonchev–Trinajstić information content (AvgIpc) is 2.63. The van der Waals surface area contributed by atoms with Gasteiger partial charge >= 0.3 is 6.03 Å². The third-order valence-electron chi connectivity index (χ3n) is 4.01. The van der Waals surface area contributed by atoms with E-state index >= 15 is 0 Å². The van der Waals surface area contributed by atoms with Crippen molar-refractivity contribution in [1.29, 1.82) is 0 Å². The van der Waals surface area contributed by atoms with Crippen LogP contribution in [0.15, 0.2) is 36.5 Å². The highest BCUT2D eigenvalue weighted by atomic mass is 16.5.